The van der Waals surface area contributed by atoms with Crippen molar-refractivity contribution in [3.63, 3.8) is 0 Å². The predicted molar refractivity (Wildman–Crippen MR) is 100 cm³/mol. The Hall–Kier alpha value is -2.51. The predicted octanol–water partition coefficient (Wildman–Crippen LogP) is 1.06. The number of rotatable bonds is 4. The fourth-order valence-electron chi connectivity index (χ4n) is 4.62. The SMILES string of the molecule is O=C(OCC(=O)N1CCN(c2ncccn2)CC1)C1CC2CCCC(C1)C2=O. The zero-order chi connectivity index (χ0) is 19.5. The maximum absolute atomic E-state index is 12.4. The summed E-state index contributed by atoms with van der Waals surface area (Å²) in [6, 6.07) is 1.77. The highest BCUT2D eigenvalue weighted by molar-refractivity contribution is 5.88. The number of amides is 1. The van der Waals surface area contributed by atoms with Crippen LogP contribution in [0.3, 0.4) is 0 Å². The van der Waals surface area contributed by atoms with Crippen LogP contribution < -0.4 is 4.90 Å². The first-order valence-electron chi connectivity index (χ1n) is 10.1. The number of aromatic nitrogens is 2. The molecule has 4 rings (SSSR count). The number of carbonyl (C=O) groups excluding carboxylic acids is 3. The summed E-state index contributed by atoms with van der Waals surface area (Å²) >= 11 is 0. The van der Waals surface area contributed by atoms with Gasteiger partial charge in [0.2, 0.25) is 5.95 Å². The maximum atomic E-state index is 12.4. The molecule has 2 aliphatic carbocycles. The number of piperazine rings is 1. The van der Waals surface area contributed by atoms with Gasteiger partial charge >= 0.3 is 5.97 Å². The molecule has 8 heteroatoms. The van der Waals surface area contributed by atoms with Crippen molar-refractivity contribution in [3.05, 3.63) is 18.5 Å². The number of fused-ring (bicyclic) bond motifs is 2. The number of carbonyl (C=O) groups is 3. The molecule has 1 amide bonds. The third-order valence-electron chi connectivity index (χ3n) is 6.19. The van der Waals surface area contributed by atoms with Crippen molar-refractivity contribution in [2.24, 2.45) is 17.8 Å². The number of hydrogen-bond acceptors (Lipinski definition) is 7. The van der Waals surface area contributed by atoms with Gasteiger partial charge in [-0.2, -0.15) is 0 Å². The van der Waals surface area contributed by atoms with Gasteiger partial charge in [-0.1, -0.05) is 6.42 Å². The topological polar surface area (TPSA) is 92.7 Å². The van der Waals surface area contributed by atoms with Crippen molar-refractivity contribution in [1.82, 2.24) is 14.9 Å². The van der Waals surface area contributed by atoms with Crippen molar-refractivity contribution < 1.29 is 19.1 Å². The third kappa shape index (κ3) is 4.00. The van der Waals surface area contributed by atoms with E-state index in [-0.39, 0.29) is 36.2 Å². The lowest BCUT2D eigenvalue weighted by Gasteiger charge is -2.37. The first kappa shape index (κ1) is 18.8. The van der Waals surface area contributed by atoms with Gasteiger partial charge in [-0.15, -0.1) is 0 Å². The van der Waals surface area contributed by atoms with E-state index in [0.29, 0.717) is 50.8 Å². The second-order valence-electron chi connectivity index (χ2n) is 7.92. The molecule has 1 aliphatic heterocycles. The number of hydrogen-bond donors (Lipinski definition) is 0. The molecule has 0 aromatic carbocycles. The minimum atomic E-state index is -0.325. The van der Waals surface area contributed by atoms with Crippen molar-refractivity contribution >= 4 is 23.6 Å². The molecule has 2 bridgehead atoms. The average Bonchev–Trinajstić information content (AvgIpc) is 2.72. The monoisotopic (exact) mass is 386 g/mol. The highest BCUT2D eigenvalue weighted by Gasteiger charge is 2.42. The molecular weight excluding hydrogens is 360 g/mol. The van der Waals surface area contributed by atoms with Crippen LogP contribution in [-0.4, -0.2) is 65.3 Å². The Morgan fingerprint density at radius 3 is 2.32 bits per heavy atom. The van der Waals surface area contributed by atoms with Crippen molar-refractivity contribution in [2.75, 3.05) is 37.7 Å². The van der Waals surface area contributed by atoms with Gasteiger partial charge in [-0.05, 0) is 31.7 Å². The summed E-state index contributed by atoms with van der Waals surface area (Å²) in [4.78, 5) is 49.2. The molecule has 3 fully saturated rings. The first-order valence-corrected chi connectivity index (χ1v) is 10.1. The molecule has 0 radical (unpaired) electrons. The largest absolute Gasteiger partial charge is 0.455 e. The highest BCUT2D eigenvalue weighted by Crippen LogP contribution is 2.40. The van der Waals surface area contributed by atoms with Crippen LogP contribution in [0.15, 0.2) is 18.5 Å². The van der Waals surface area contributed by atoms with E-state index in [2.05, 4.69) is 9.97 Å². The van der Waals surface area contributed by atoms with Crippen LogP contribution >= 0.6 is 0 Å². The van der Waals surface area contributed by atoms with Crippen LogP contribution in [0.2, 0.25) is 0 Å². The second-order valence-corrected chi connectivity index (χ2v) is 7.92. The molecule has 2 atom stereocenters. The molecular formula is C20H26N4O4. The fourth-order valence-corrected chi connectivity index (χ4v) is 4.62. The summed E-state index contributed by atoms with van der Waals surface area (Å²) in [6.45, 7) is 2.18. The Kier molecular flexibility index (Phi) is 5.54. The standard InChI is InChI=1S/C20H26N4O4/c25-17(23-7-9-24(10-8-23)20-21-5-2-6-22-20)13-28-19(27)16-11-14-3-1-4-15(12-16)18(14)26/h2,5-6,14-16H,1,3-4,7-13H2. The summed E-state index contributed by atoms with van der Waals surface area (Å²) in [5.41, 5.74) is 0. The van der Waals surface area contributed by atoms with Crippen LogP contribution in [0.4, 0.5) is 5.95 Å². The van der Waals surface area contributed by atoms with Crippen molar-refractivity contribution in [3.8, 4) is 0 Å². The van der Waals surface area contributed by atoms with Gasteiger partial charge in [0.15, 0.2) is 6.61 Å². The lowest BCUT2D eigenvalue weighted by Crippen LogP contribution is -2.50. The Balaban J connectivity index is 1.23. The Bertz CT molecular complexity index is 717. The molecule has 0 N–H and O–H groups in total. The quantitative estimate of drug-likeness (QED) is 0.715. The van der Waals surface area contributed by atoms with Crippen LogP contribution in [-0.2, 0) is 19.1 Å². The van der Waals surface area contributed by atoms with E-state index in [9.17, 15) is 14.4 Å². The number of nitrogens with zero attached hydrogens (tertiary/aromatic N) is 4. The minimum absolute atomic E-state index is 0.00837. The smallest absolute Gasteiger partial charge is 0.309 e. The van der Waals surface area contributed by atoms with E-state index in [1.165, 1.54) is 0 Å². The van der Waals surface area contributed by atoms with Gasteiger partial charge in [0.25, 0.3) is 5.91 Å². The molecule has 3 aliphatic rings. The molecule has 0 spiro atoms. The molecule has 28 heavy (non-hydrogen) atoms. The van der Waals surface area contributed by atoms with E-state index in [1.54, 1.807) is 23.4 Å². The average molecular weight is 386 g/mol. The highest BCUT2D eigenvalue weighted by atomic mass is 16.5. The van der Waals surface area contributed by atoms with Crippen LogP contribution in [0.25, 0.3) is 0 Å². The summed E-state index contributed by atoms with van der Waals surface area (Å²) < 4.78 is 5.33. The third-order valence-corrected chi connectivity index (χ3v) is 6.19. The Labute approximate surface area is 164 Å². The normalized spacial score (nSPS) is 27.4. The van der Waals surface area contributed by atoms with Gasteiger partial charge in [0, 0.05) is 50.4 Å². The second kappa shape index (κ2) is 8.24. The zero-order valence-electron chi connectivity index (χ0n) is 16.0. The van der Waals surface area contributed by atoms with E-state index < -0.39 is 0 Å². The van der Waals surface area contributed by atoms with E-state index in [0.717, 1.165) is 19.3 Å². The molecule has 2 heterocycles. The molecule has 1 aromatic heterocycles. The molecule has 2 unspecified atom stereocenters. The molecule has 8 nitrogen and oxygen atoms in total. The number of Topliss-reactive ketones (excluding diaryl/α,β-unsaturated/α-hetero) is 1. The van der Waals surface area contributed by atoms with Crippen molar-refractivity contribution in [1.29, 1.82) is 0 Å². The summed E-state index contributed by atoms with van der Waals surface area (Å²) in [6.07, 6.45) is 7.40. The van der Waals surface area contributed by atoms with Gasteiger partial charge in [-0.25, -0.2) is 9.97 Å². The Morgan fingerprint density at radius 1 is 1.04 bits per heavy atom. The van der Waals surface area contributed by atoms with Gasteiger partial charge < -0.3 is 14.5 Å². The van der Waals surface area contributed by atoms with Crippen LogP contribution in [0.5, 0.6) is 0 Å². The number of ether oxygens (including phenoxy) is 1. The maximum Gasteiger partial charge on any atom is 0.309 e. The van der Waals surface area contributed by atoms with Crippen molar-refractivity contribution in [2.45, 2.75) is 32.1 Å². The fraction of sp³-hybridized carbons (Fsp3) is 0.650. The number of ketones is 1. The van der Waals surface area contributed by atoms with E-state index in [4.69, 9.17) is 4.74 Å². The summed E-state index contributed by atoms with van der Waals surface area (Å²) in [5, 5.41) is 0. The molecule has 150 valence electrons. The molecule has 2 saturated carbocycles. The first-order chi connectivity index (χ1) is 13.6. The molecule has 1 saturated heterocycles. The number of esters is 1. The summed E-state index contributed by atoms with van der Waals surface area (Å²) in [7, 11) is 0. The Morgan fingerprint density at radius 2 is 1.68 bits per heavy atom. The van der Waals surface area contributed by atoms with Gasteiger partial charge in [-0.3, -0.25) is 14.4 Å². The van der Waals surface area contributed by atoms with E-state index in [1.807, 2.05) is 4.90 Å². The van der Waals surface area contributed by atoms with E-state index >= 15 is 0 Å². The van der Waals surface area contributed by atoms with Crippen LogP contribution in [0, 0.1) is 17.8 Å². The zero-order valence-corrected chi connectivity index (χ0v) is 16.0. The van der Waals surface area contributed by atoms with Crippen LogP contribution in [0.1, 0.15) is 32.1 Å². The lowest BCUT2D eigenvalue weighted by atomic mass is 9.67. The summed E-state index contributed by atoms with van der Waals surface area (Å²) in [5.74, 6) is 0.268. The number of anilines is 1. The van der Waals surface area contributed by atoms with Gasteiger partial charge in [0.05, 0.1) is 5.92 Å². The molecule has 1 aromatic rings. The minimum Gasteiger partial charge on any atom is -0.455 e. The lowest BCUT2D eigenvalue weighted by molar-refractivity contribution is -0.159. The van der Waals surface area contributed by atoms with Gasteiger partial charge in [0.1, 0.15) is 5.78 Å².